The lowest BCUT2D eigenvalue weighted by Gasteiger charge is -2.11. The molecule has 0 saturated carbocycles. The van der Waals surface area contributed by atoms with Crippen LogP contribution in [0.2, 0.25) is 0 Å². The van der Waals surface area contributed by atoms with Gasteiger partial charge < -0.3 is 9.84 Å². The lowest BCUT2D eigenvalue weighted by molar-refractivity contribution is 0.283. The van der Waals surface area contributed by atoms with Crippen LogP contribution < -0.4 is 4.74 Å². The molecule has 2 aromatic rings. The number of hydrogen-bond acceptors (Lipinski definition) is 4. The monoisotopic (exact) mass is 333 g/mol. The number of allylic oxidation sites excluding steroid dienone is 3. The Kier molecular flexibility index (Phi) is 4.28. The maximum atomic E-state index is 11.9. The summed E-state index contributed by atoms with van der Waals surface area (Å²) in [6.45, 7) is 0.279. The van der Waals surface area contributed by atoms with Crippen molar-refractivity contribution in [3.8, 4) is 5.75 Å². The van der Waals surface area contributed by atoms with Crippen molar-refractivity contribution >= 4 is 20.9 Å². The molecule has 0 radical (unpaired) electrons. The van der Waals surface area contributed by atoms with Crippen LogP contribution in [-0.2, 0) is 16.6 Å². The van der Waals surface area contributed by atoms with Gasteiger partial charge in [0.2, 0.25) is 10.0 Å². The molecule has 0 unspecified atom stereocenters. The topological polar surface area (TPSA) is 68.5 Å². The molecule has 122 valence electrons. The Balaban J connectivity index is 1.94. The van der Waals surface area contributed by atoms with Crippen molar-refractivity contribution in [1.29, 1.82) is 0 Å². The van der Waals surface area contributed by atoms with E-state index in [4.69, 9.17) is 4.74 Å². The van der Waals surface area contributed by atoms with Gasteiger partial charge in [-0.1, -0.05) is 18.2 Å². The summed E-state index contributed by atoms with van der Waals surface area (Å²) >= 11 is 0. The van der Waals surface area contributed by atoms with Crippen LogP contribution in [0.1, 0.15) is 18.4 Å². The molecular weight excluding hydrogens is 314 g/mol. The highest BCUT2D eigenvalue weighted by Gasteiger charge is 2.15. The minimum atomic E-state index is -3.44. The summed E-state index contributed by atoms with van der Waals surface area (Å²) in [7, 11) is -3.44. The Morgan fingerprint density at radius 1 is 1.35 bits per heavy atom. The van der Waals surface area contributed by atoms with Crippen LogP contribution in [0.5, 0.6) is 5.75 Å². The summed E-state index contributed by atoms with van der Waals surface area (Å²) in [5.41, 5.74) is 2.31. The van der Waals surface area contributed by atoms with Crippen molar-refractivity contribution < 1.29 is 18.3 Å². The first-order chi connectivity index (χ1) is 11.0. The first-order valence-corrected chi connectivity index (χ1v) is 9.26. The van der Waals surface area contributed by atoms with Crippen LogP contribution >= 0.6 is 0 Å². The summed E-state index contributed by atoms with van der Waals surface area (Å²) in [4.78, 5) is 0. The molecule has 3 rings (SSSR count). The highest BCUT2D eigenvalue weighted by molar-refractivity contribution is 7.89. The maximum absolute atomic E-state index is 11.9. The minimum absolute atomic E-state index is 0.210. The average molecular weight is 333 g/mol. The molecule has 1 aromatic heterocycles. The number of aromatic nitrogens is 1. The van der Waals surface area contributed by atoms with E-state index in [-0.39, 0.29) is 6.61 Å². The Bertz CT molecular complexity index is 891. The Morgan fingerprint density at radius 2 is 2.17 bits per heavy atom. The largest absolute Gasteiger partial charge is 0.489 e. The van der Waals surface area contributed by atoms with Crippen LogP contribution in [0.15, 0.2) is 48.2 Å². The van der Waals surface area contributed by atoms with Gasteiger partial charge in [0.25, 0.3) is 0 Å². The van der Waals surface area contributed by atoms with E-state index in [0.717, 1.165) is 19.1 Å². The van der Waals surface area contributed by atoms with Gasteiger partial charge in [0.15, 0.2) is 0 Å². The smallest absolute Gasteiger partial charge is 0.236 e. The molecule has 1 N–H and O–H groups in total. The zero-order valence-electron chi connectivity index (χ0n) is 12.9. The van der Waals surface area contributed by atoms with E-state index in [1.165, 1.54) is 15.7 Å². The van der Waals surface area contributed by atoms with E-state index in [2.05, 4.69) is 6.08 Å². The van der Waals surface area contributed by atoms with Gasteiger partial charge in [-0.25, -0.2) is 12.4 Å². The first-order valence-electron chi connectivity index (χ1n) is 7.42. The second-order valence-electron chi connectivity index (χ2n) is 5.63. The quantitative estimate of drug-likeness (QED) is 0.913. The third-order valence-corrected chi connectivity index (χ3v) is 4.89. The maximum Gasteiger partial charge on any atom is 0.236 e. The van der Waals surface area contributed by atoms with E-state index in [1.54, 1.807) is 18.2 Å². The molecule has 0 saturated heterocycles. The first kappa shape index (κ1) is 15.8. The predicted molar refractivity (Wildman–Crippen MR) is 90.1 cm³/mol. The molecule has 5 nitrogen and oxygen atoms in total. The van der Waals surface area contributed by atoms with Gasteiger partial charge in [-0.2, -0.15) is 0 Å². The number of fused-ring (bicyclic) bond motifs is 1. The number of benzene rings is 1. The van der Waals surface area contributed by atoms with Gasteiger partial charge in [0.05, 0.1) is 18.4 Å². The summed E-state index contributed by atoms with van der Waals surface area (Å²) in [6.07, 6.45) is 10.8. The van der Waals surface area contributed by atoms with Crippen LogP contribution in [-0.4, -0.2) is 30.4 Å². The summed E-state index contributed by atoms with van der Waals surface area (Å²) in [5.74, 6) is 0.612. The van der Waals surface area contributed by atoms with Crippen LogP contribution in [0.25, 0.3) is 10.9 Å². The van der Waals surface area contributed by atoms with E-state index in [9.17, 15) is 13.5 Å². The van der Waals surface area contributed by atoms with Gasteiger partial charge in [-0.3, -0.25) is 0 Å². The zero-order chi connectivity index (χ0) is 16.4. The fourth-order valence-electron chi connectivity index (χ4n) is 2.68. The van der Waals surface area contributed by atoms with E-state index in [1.807, 2.05) is 12.2 Å². The SMILES string of the molecule is CS(=O)(=O)n1cc(CO)c2ccc(OCC3=CC=CCC3)cc21. The molecule has 0 amide bonds. The highest BCUT2D eigenvalue weighted by atomic mass is 32.2. The minimum Gasteiger partial charge on any atom is -0.489 e. The molecule has 0 spiro atoms. The molecule has 1 aliphatic rings. The van der Waals surface area contributed by atoms with Crippen molar-refractivity contribution in [1.82, 2.24) is 3.97 Å². The molecule has 1 aliphatic carbocycles. The molecule has 6 heteroatoms. The number of hydrogen-bond donors (Lipinski definition) is 1. The van der Waals surface area contributed by atoms with Gasteiger partial charge in [-0.15, -0.1) is 0 Å². The van der Waals surface area contributed by atoms with Crippen molar-refractivity contribution in [3.05, 3.63) is 53.8 Å². The standard InChI is InChI=1S/C17H19NO4S/c1-23(20,21)18-10-14(11-19)16-8-7-15(9-17(16)18)22-12-13-5-3-2-4-6-13/h2-3,5,7-10,19H,4,6,11-12H2,1H3. The highest BCUT2D eigenvalue weighted by Crippen LogP contribution is 2.27. The third-order valence-electron chi connectivity index (χ3n) is 3.88. The fourth-order valence-corrected chi connectivity index (χ4v) is 3.51. The van der Waals surface area contributed by atoms with Crippen LogP contribution in [0, 0.1) is 0 Å². The summed E-state index contributed by atoms with van der Waals surface area (Å²) in [5, 5.41) is 10.1. The fraction of sp³-hybridized carbons (Fsp3) is 0.294. The molecular formula is C17H19NO4S. The van der Waals surface area contributed by atoms with Gasteiger partial charge in [0, 0.05) is 23.2 Å². The molecule has 0 bridgehead atoms. The van der Waals surface area contributed by atoms with E-state index < -0.39 is 10.0 Å². The molecule has 0 atom stereocenters. The van der Waals surface area contributed by atoms with Crippen molar-refractivity contribution in [3.63, 3.8) is 0 Å². The summed E-state index contributed by atoms with van der Waals surface area (Å²) < 4.78 is 30.8. The number of ether oxygens (including phenoxy) is 1. The number of aliphatic hydroxyl groups excluding tert-OH is 1. The molecule has 1 aromatic carbocycles. The summed E-state index contributed by atoms with van der Waals surface area (Å²) in [6, 6.07) is 5.29. The molecule has 0 aliphatic heterocycles. The number of aliphatic hydroxyl groups is 1. The van der Waals surface area contributed by atoms with Crippen LogP contribution in [0.3, 0.4) is 0 Å². The number of rotatable bonds is 5. The van der Waals surface area contributed by atoms with Gasteiger partial charge in [0.1, 0.15) is 12.4 Å². The second kappa shape index (κ2) is 6.22. The van der Waals surface area contributed by atoms with Gasteiger partial charge >= 0.3 is 0 Å². The molecule has 23 heavy (non-hydrogen) atoms. The third kappa shape index (κ3) is 3.33. The lowest BCUT2D eigenvalue weighted by Crippen LogP contribution is -2.08. The normalized spacial score (nSPS) is 15.0. The Morgan fingerprint density at radius 3 is 2.83 bits per heavy atom. The predicted octanol–water partition coefficient (Wildman–Crippen LogP) is 2.60. The molecule has 1 heterocycles. The van der Waals surface area contributed by atoms with Crippen molar-refractivity contribution in [2.45, 2.75) is 19.4 Å². The van der Waals surface area contributed by atoms with E-state index in [0.29, 0.717) is 28.8 Å². The molecule has 0 fully saturated rings. The number of nitrogens with zero attached hydrogens (tertiary/aromatic N) is 1. The van der Waals surface area contributed by atoms with Crippen LogP contribution in [0.4, 0.5) is 0 Å². The average Bonchev–Trinajstić information content (AvgIpc) is 2.92. The van der Waals surface area contributed by atoms with E-state index >= 15 is 0 Å². The van der Waals surface area contributed by atoms with Crippen molar-refractivity contribution in [2.75, 3.05) is 12.9 Å². The van der Waals surface area contributed by atoms with Crippen molar-refractivity contribution in [2.24, 2.45) is 0 Å². The lowest BCUT2D eigenvalue weighted by atomic mass is 10.1. The van der Waals surface area contributed by atoms with Gasteiger partial charge in [-0.05, 0) is 30.5 Å². The second-order valence-corrected chi connectivity index (χ2v) is 7.49. The Labute approximate surface area is 135 Å². The Hall–Kier alpha value is -2.05. The zero-order valence-corrected chi connectivity index (χ0v) is 13.7.